The van der Waals surface area contributed by atoms with Gasteiger partial charge in [0.1, 0.15) is 0 Å². The zero-order valence-corrected chi connectivity index (χ0v) is 29.9. The number of unbranched alkanes of at least 4 members (excludes halogenated alkanes) is 28. The van der Waals surface area contributed by atoms with E-state index in [1.165, 1.54) is 154 Å². The molecular weight excluding hydrogens is 530 g/mol. The van der Waals surface area contributed by atoms with Crippen LogP contribution in [0.5, 0.6) is 0 Å². The number of nitrogens with zero attached hydrogens (tertiary/aromatic N) is 1. The summed E-state index contributed by atoms with van der Waals surface area (Å²) in [6.45, 7) is 6.14. The molecule has 0 bridgehead atoms. The number of aliphatic hydroxyl groups excluding tert-OH is 1. The largest absolute Gasteiger partial charge is 0.344 e. The van der Waals surface area contributed by atoms with Gasteiger partial charge in [0.25, 0.3) is 0 Å². The fraction of sp³-hybridized carbons (Fsp3) is 0.949. The van der Waals surface area contributed by atoms with Gasteiger partial charge in [0, 0.05) is 6.92 Å². The van der Waals surface area contributed by atoms with Crippen LogP contribution in [0.25, 0.3) is 0 Å². The highest BCUT2D eigenvalue weighted by Gasteiger charge is 2.43. The number of carbonyl (C=O) groups is 2. The molecule has 2 amide bonds. The molecule has 1 unspecified atom stereocenters. The van der Waals surface area contributed by atoms with E-state index in [-0.39, 0.29) is 11.8 Å². The molecular formula is C39H78NO3+. The van der Waals surface area contributed by atoms with Crippen LogP contribution in [-0.2, 0) is 9.59 Å². The number of hydrogen-bond donors (Lipinski definition) is 1. The fourth-order valence-electron chi connectivity index (χ4n) is 6.32. The van der Waals surface area contributed by atoms with E-state index < -0.39 is 10.7 Å². The third-order valence-corrected chi connectivity index (χ3v) is 9.77. The number of imide groups is 1. The van der Waals surface area contributed by atoms with E-state index in [9.17, 15) is 14.7 Å². The van der Waals surface area contributed by atoms with Crippen molar-refractivity contribution in [2.75, 3.05) is 7.05 Å². The third kappa shape index (κ3) is 24.2. The number of aliphatic hydroxyl groups is 1. The summed E-state index contributed by atoms with van der Waals surface area (Å²) < 4.78 is -0.447. The highest BCUT2D eigenvalue weighted by Crippen LogP contribution is 2.20. The molecule has 4 nitrogen and oxygen atoms in total. The molecule has 1 N–H and O–H groups in total. The van der Waals surface area contributed by atoms with E-state index in [0.29, 0.717) is 12.8 Å². The van der Waals surface area contributed by atoms with Gasteiger partial charge in [-0.05, 0) is 12.8 Å². The van der Waals surface area contributed by atoms with Crippen LogP contribution in [0, 0.1) is 0 Å². The minimum Gasteiger partial charge on any atom is -0.344 e. The van der Waals surface area contributed by atoms with Crippen LogP contribution >= 0.6 is 0 Å². The number of carbonyl (C=O) groups excluding carboxylic acids is 2. The average molecular weight is 609 g/mol. The molecule has 0 aliphatic carbocycles. The first-order valence-corrected chi connectivity index (χ1v) is 19.5. The fourth-order valence-corrected chi connectivity index (χ4v) is 6.32. The maximum atomic E-state index is 13.0. The minimum atomic E-state index is -0.979. The van der Waals surface area contributed by atoms with Crippen LogP contribution in [0.3, 0.4) is 0 Å². The molecule has 0 aromatic carbocycles. The summed E-state index contributed by atoms with van der Waals surface area (Å²) in [5, 5.41) is 10.4. The highest BCUT2D eigenvalue weighted by molar-refractivity contribution is 5.84. The average Bonchev–Trinajstić information content (AvgIpc) is 3.00. The van der Waals surface area contributed by atoms with Gasteiger partial charge < -0.3 is 5.11 Å². The molecule has 0 aromatic heterocycles. The number of amides is 2. The van der Waals surface area contributed by atoms with E-state index in [0.717, 1.165) is 38.5 Å². The van der Waals surface area contributed by atoms with Gasteiger partial charge in [-0.15, -0.1) is 0 Å². The van der Waals surface area contributed by atoms with Crippen molar-refractivity contribution in [2.24, 2.45) is 0 Å². The summed E-state index contributed by atoms with van der Waals surface area (Å²) in [7, 11) is 1.63. The summed E-state index contributed by atoms with van der Waals surface area (Å²) in [5.74, 6) is -0.230. The van der Waals surface area contributed by atoms with Gasteiger partial charge in [-0.25, -0.2) is 9.59 Å². The summed E-state index contributed by atoms with van der Waals surface area (Å²) in [6.07, 6.45) is 38.6. The predicted octanol–water partition coefficient (Wildman–Crippen LogP) is 12.3. The molecule has 0 rings (SSSR count). The molecule has 0 saturated heterocycles. The lowest BCUT2D eigenvalue weighted by molar-refractivity contribution is -0.810. The predicted molar refractivity (Wildman–Crippen MR) is 187 cm³/mol. The lowest BCUT2D eigenvalue weighted by atomic mass is 10.0. The molecule has 256 valence electrons. The van der Waals surface area contributed by atoms with Crippen molar-refractivity contribution >= 4 is 11.8 Å². The van der Waals surface area contributed by atoms with Gasteiger partial charge in [0.2, 0.25) is 6.23 Å². The van der Waals surface area contributed by atoms with Crippen molar-refractivity contribution in [3.63, 3.8) is 0 Å². The molecule has 0 aromatic rings. The van der Waals surface area contributed by atoms with Gasteiger partial charge in [-0.1, -0.05) is 194 Å². The topological polar surface area (TPSA) is 54.4 Å². The van der Waals surface area contributed by atoms with Gasteiger partial charge in [0.05, 0.1) is 19.9 Å². The zero-order chi connectivity index (χ0) is 31.9. The number of hydrogen-bond acceptors (Lipinski definition) is 3. The van der Waals surface area contributed by atoms with Crippen LogP contribution in [0.1, 0.15) is 226 Å². The molecule has 0 heterocycles. The molecule has 0 fully saturated rings. The van der Waals surface area contributed by atoms with Crippen molar-refractivity contribution in [1.82, 2.24) is 0 Å². The van der Waals surface area contributed by atoms with E-state index >= 15 is 0 Å². The van der Waals surface area contributed by atoms with Crippen LogP contribution in [0.15, 0.2) is 0 Å². The van der Waals surface area contributed by atoms with Crippen molar-refractivity contribution in [1.29, 1.82) is 0 Å². The Hall–Kier alpha value is -0.740. The van der Waals surface area contributed by atoms with Gasteiger partial charge in [0.15, 0.2) is 0 Å². The highest BCUT2D eigenvalue weighted by atomic mass is 16.3. The van der Waals surface area contributed by atoms with Crippen LogP contribution in [0.2, 0.25) is 0 Å². The first-order chi connectivity index (χ1) is 20.9. The normalized spacial score (nSPS) is 12.6. The first-order valence-electron chi connectivity index (χ1n) is 19.5. The molecule has 0 saturated carbocycles. The second kappa shape index (κ2) is 31.3. The van der Waals surface area contributed by atoms with Crippen molar-refractivity contribution in [2.45, 2.75) is 232 Å². The zero-order valence-electron chi connectivity index (χ0n) is 29.9. The van der Waals surface area contributed by atoms with E-state index in [1.54, 1.807) is 14.0 Å². The Morgan fingerprint density at radius 1 is 0.419 bits per heavy atom. The molecule has 0 spiro atoms. The standard InChI is InChI=1S/C39H78NO3/c1-5-7-9-11-13-15-17-19-21-23-25-27-29-31-33-35-38(42)40(4,37(3)41)39(43)36-34-32-30-28-26-24-22-20-18-16-14-12-10-8-6-2/h37,41H,5-36H2,1-4H3/q+1. The monoisotopic (exact) mass is 609 g/mol. The first kappa shape index (κ1) is 42.3. The Labute approximate surface area is 270 Å². The molecule has 0 aliphatic heterocycles. The van der Waals surface area contributed by atoms with Gasteiger partial charge in [-0.2, -0.15) is 4.48 Å². The SMILES string of the molecule is CCCCCCCCCCCCCCCCCC(=O)[N+](C)(C(=O)CCCCCCCCCCCCCCCCC)C(C)O. The minimum absolute atomic E-state index is 0.115. The van der Waals surface area contributed by atoms with Crippen molar-refractivity contribution in [3.8, 4) is 0 Å². The molecule has 4 heteroatoms. The Balaban J connectivity index is 3.80. The van der Waals surface area contributed by atoms with Crippen molar-refractivity contribution in [3.05, 3.63) is 0 Å². The van der Waals surface area contributed by atoms with Gasteiger partial charge >= 0.3 is 11.8 Å². The quantitative estimate of drug-likeness (QED) is 0.0458. The summed E-state index contributed by atoms with van der Waals surface area (Å²) >= 11 is 0. The van der Waals surface area contributed by atoms with E-state index in [2.05, 4.69) is 13.8 Å². The van der Waals surface area contributed by atoms with Crippen LogP contribution in [0.4, 0.5) is 0 Å². The Bertz CT molecular complexity index is 572. The third-order valence-electron chi connectivity index (χ3n) is 9.77. The maximum Gasteiger partial charge on any atom is 0.323 e. The summed E-state index contributed by atoms with van der Waals surface area (Å²) in [5.41, 5.74) is 0. The second-order valence-corrected chi connectivity index (χ2v) is 13.9. The number of rotatable bonds is 33. The Morgan fingerprint density at radius 3 is 0.791 bits per heavy atom. The lowest BCUT2D eigenvalue weighted by Gasteiger charge is -2.31. The molecule has 0 aliphatic rings. The van der Waals surface area contributed by atoms with E-state index in [1.807, 2.05) is 0 Å². The molecule has 1 atom stereocenters. The summed E-state index contributed by atoms with van der Waals surface area (Å²) in [6, 6.07) is 0. The van der Waals surface area contributed by atoms with Crippen LogP contribution in [-0.4, -0.2) is 34.7 Å². The Kier molecular flexibility index (Phi) is 30.7. The summed E-state index contributed by atoms with van der Waals surface area (Å²) in [4.78, 5) is 26.1. The smallest absolute Gasteiger partial charge is 0.323 e. The van der Waals surface area contributed by atoms with Gasteiger partial charge in [-0.3, -0.25) is 0 Å². The van der Waals surface area contributed by atoms with E-state index in [4.69, 9.17) is 0 Å². The van der Waals surface area contributed by atoms with Crippen LogP contribution < -0.4 is 0 Å². The second-order valence-electron chi connectivity index (χ2n) is 13.9. The number of quaternary nitrogens is 1. The van der Waals surface area contributed by atoms with Crippen molar-refractivity contribution < 1.29 is 19.2 Å². The Morgan fingerprint density at radius 2 is 0.605 bits per heavy atom. The molecule has 43 heavy (non-hydrogen) atoms. The lowest BCUT2D eigenvalue weighted by Crippen LogP contribution is -2.59. The maximum absolute atomic E-state index is 13.0. The molecule has 0 radical (unpaired) electrons.